The summed E-state index contributed by atoms with van der Waals surface area (Å²) in [6.45, 7) is 12.6. The predicted octanol–water partition coefficient (Wildman–Crippen LogP) is 1.59. The first-order valence-corrected chi connectivity index (χ1v) is 6.12. The van der Waals surface area contributed by atoms with Crippen LogP contribution in [0.5, 0.6) is 0 Å². The van der Waals surface area contributed by atoms with Gasteiger partial charge in [-0.3, -0.25) is 4.68 Å². The number of nitrogens with one attached hydrogen (secondary N) is 1. The second-order valence-corrected chi connectivity index (χ2v) is 5.45. The molecular weight excluding hydrogens is 216 g/mol. The lowest BCUT2D eigenvalue weighted by atomic mass is 10.1. The minimum atomic E-state index is 0.0895. The summed E-state index contributed by atoms with van der Waals surface area (Å²) in [4.78, 5) is 4.25. The van der Waals surface area contributed by atoms with Gasteiger partial charge >= 0.3 is 0 Å². The molecule has 0 saturated carbocycles. The van der Waals surface area contributed by atoms with Crippen LogP contribution >= 0.6 is 0 Å². The molecule has 98 valence electrons. The maximum absolute atomic E-state index is 5.47. The molecule has 0 bridgehead atoms. The Kier molecular flexibility index (Phi) is 5.08. The molecule has 0 aromatic carbocycles. The number of aromatic nitrogens is 3. The molecule has 0 unspecified atom stereocenters. The Hall–Kier alpha value is -0.940. The van der Waals surface area contributed by atoms with Crippen molar-refractivity contribution >= 4 is 0 Å². The van der Waals surface area contributed by atoms with Crippen LogP contribution in [0.1, 0.15) is 40.4 Å². The van der Waals surface area contributed by atoms with Crippen molar-refractivity contribution in [2.24, 2.45) is 0 Å². The van der Waals surface area contributed by atoms with Crippen molar-refractivity contribution in [3.05, 3.63) is 12.2 Å². The van der Waals surface area contributed by atoms with Gasteiger partial charge in [0.05, 0.1) is 25.8 Å². The molecule has 0 aliphatic carbocycles. The Morgan fingerprint density at radius 1 is 1.41 bits per heavy atom. The van der Waals surface area contributed by atoms with Crippen molar-refractivity contribution in [1.29, 1.82) is 0 Å². The summed E-state index contributed by atoms with van der Waals surface area (Å²) in [6.07, 6.45) is 2.02. The van der Waals surface area contributed by atoms with Crippen molar-refractivity contribution in [3.63, 3.8) is 0 Å². The summed E-state index contributed by atoms with van der Waals surface area (Å²) in [6, 6.07) is 0. The third-order valence-electron chi connectivity index (χ3n) is 2.13. The van der Waals surface area contributed by atoms with Gasteiger partial charge in [0.2, 0.25) is 0 Å². The molecule has 0 aliphatic rings. The highest BCUT2D eigenvalue weighted by molar-refractivity contribution is 4.83. The maximum atomic E-state index is 5.47. The van der Waals surface area contributed by atoms with Gasteiger partial charge in [-0.05, 0) is 34.6 Å². The Morgan fingerprint density at radius 3 is 2.71 bits per heavy atom. The number of ether oxygens (including phenoxy) is 1. The third-order valence-corrected chi connectivity index (χ3v) is 2.13. The molecule has 1 rings (SSSR count). The van der Waals surface area contributed by atoms with Crippen molar-refractivity contribution in [3.8, 4) is 0 Å². The molecule has 1 aromatic heterocycles. The first-order valence-electron chi connectivity index (χ1n) is 6.12. The molecule has 1 N–H and O–H groups in total. The van der Waals surface area contributed by atoms with Crippen LogP contribution in [0, 0.1) is 0 Å². The van der Waals surface area contributed by atoms with E-state index in [0.717, 1.165) is 12.4 Å². The van der Waals surface area contributed by atoms with Crippen LogP contribution in [0.3, 0.4) is 0 Å². The van der Waals surface area contributed by atoms with E-state index in [1.165, 1.54) is 0 Å². The summed E-state index contributed by atoms with van der Waals surface area (Å²) >= 11 is 0. The zero-order valence-corrected chi connectivity index (χ0v) is 11.5. The van der Waals surface area contributed by atoms with Crippen molar-refractivity contribution in [2.75, 3.05) is 6.61 Å². The van der Waals surface area contributed by atoms with E-state index < -0.39 is 0 Å². The van der Waals surface area contributed by atoms with Crippen LogP contribution < -0.4 is 5.32 Å². The van der Waals surface area contributed by atoms with Gasteiger partial charge in [0.25, 0.3) is 0 Å². The molecule has 0 fully saturated rings. The molecule has 0 radical (unpaired) electrons. The Morgan fingerprint density at radius 2 is 2.12 bits per heavy atom. The summed E-state index contributed by atoms with van der Waals surface area (Å²) in [5, 5.41) is 7.73. The SMILES string of the molecule is CC(C)OCCn1cnc(CNC(C)(C)C)n1. The molecule has 17 heavy (non-hydrogen) atoms. The Bertz CT molecular complexity index is 327. The highest BCUT2D eigenvalue weighted by Crippen LogP contribution is 2.00. The smallest absolute Gasteiger partial charge is 0.164 e. The molecule has 5 heteroatoms. The van der Waals surface area contributed by atoms with Gasteiger partial charge in [-0.25, -0.2) is 4.98 Å². The van der Waals surface area contributed by atoms with Crippen LogP contribution in [0.2, 0.25) is 0 Å². The standard InChI is InChI=1S/C12H24N4O/c1-10(2)17-7-6-16-9-13-11(15-16)8-14-12(3,4)5/h9-10,14H,6-8H2,1-5H3. The van der Waals surface area contributed by atoms with Crippen molar-refractivity contribution in [1.82, 2.24) is 20.1 Å². The molecule has 5 nitrogen and oxygen atoms in total. The monoisotopic (exact) mass is 240 g/mol. The van der Waals surface area contributed by atoms with Gasteiger partial charge in [0, 0.05) is 5.54 Å². The van der Waals surface area contributed by atoms with E-state index in [2.05, 4.69) is 36.2 Å². The highest BCUT2D eigenvalue weighted by Gasteiger charge is 2.10. The first kappa shape index (κ1) is 14.1. The summed E-state index contributed by atoms with van der Waals surface area (Å²) in [5.41, 5.74) is 0.0895. The van der Waals surface area contributed by atoms with Crippen LogP contribution in [-0.2, 0) is 17.8 Å². The molecule has 0 aliphatic heterocycles. The molecular formula is C12H24N4O. The predicted molar refractivity (Wildman–Crippen MR) is 67.7 cm³/mol. The van der Waals surface area contributed by atoms with Gasteiger partial charge in [-0.1, -0.05) is 0 Å². The van der Waals surface area contributed by atoms with E-state index in [1.807, 2.05) is 18.5 Å². The lowest BCUT2D eigenvalue weighted by Crippen LogP contribution is -2.35. The van der Waals surface area contributed by atoms with Crippen LogP contribution in [0.4, 0.5) is 0 Å². The van der Waals surface area contributed by atoms with E-state index in [1.54, 1.807) is 6.33 Å². The Labute approximate surface area is 104 Å². The van der Waals surface area contributed by atoms with Gasteiger partial charge in [0.1, 0.15) is 6.33 Å². The molecule has 0 spiro atoms. The largest absolute Gasteiger partial charge is 0.377 e. The molecule has 0 atom stereocenters. The van der Waals surface area contributed by atoms with Gasteiger partial charge < -0.3 is 10.1 Å². The van der Waals surface area contributed by atoms with Crippen LogP contribution in [0.25, 0.3) is 0 Å². The minimum absolute atomic E-state index is 0.0895. The summed E-state index contributed by atoms with van der Waals surface area (Å²) in [5.74, 6) is 0.824. The number of nitrogens with zero attached hydrogens (tertiary/aromatic N) is 3. The average Bonchev–Trinajstić information content (AvgIpc) is 2.61. The number of hydrogen-bond donors (Lipinski definition) is 1. The topological polar surface area (TPSA) is 52.0 Å². The van der Waals surface area contributed by atoms with E-state index in [9.17, 15) is 0 Å². The summed E-state index contributed by atoms with van der Waals surface area (Å²) < 4.78 is 7.29. The number of rotatable bonds is 6. The van der Waals surface area contributed by atoms with Crippen molar-refractivity contribution < 1.29 is 4.74 Å². The Balaban J connectivity index is 2.32. The van der Waals surface area contributed by atoms with Crippen molar-refractivity contribution in [2.45, 2.75) is 59.4 Å². The second-order valence-electron chi connectivity index (χ2n) is 5.45. The summed E-state index contributed by atoms with van der Waals surface area (Å²) in [7, 11) is 0. The lowest BCUT2D eigenvalue weighted by molar-refractivity contribution is 0.0708. The fraction of sp³-hybridized carbons (Fsp3) is 0.833. The highest BCUT2D eigenvalue weighted by atomic mass is 16.5. The van der Waals surface area contributed by atoms with Crippen LogP contribution in [-0.4, -0.2) is 33.0 Å². The van der Waals surface area contributed by atoms with Crippen LogP contribution in [0.15, 0.2) is 6.33 Å². The quantitative estimate of drug-likeness (QED) is 0.820. The van der Waals surface area contributed by atoms with E-state index in [-0.39, 0.29) is 11.6 Å². The van der Waals surface area contributed by atoms with Gasteiger partial charge in [-0.2, -0.15) is 5.10 Å². The zero-order valence-electron chi connectivity index (χ0n) is 11.5. The third kappa shape index (κ3) is 6.38. The lowest BCUT2D eigenvalue weighted by Gasteiger charge is -2.19. The maximum Gasteiger partial charge on any atom is 0.164 e. The molecule has 1 aromatic rings. The minimum Gasteiger partial charge on any atom is -0.377 e. The van der Waals surface area contributed by atoms with Gasteiger partial charge in [-0.15, -0.1) is 0 Å². The normalized spacial score (nSPS) is 12.4. The van der Waals surface area contributed by atoms with E-state index in [4.69, 9.17) is 4.74 Å². The average molecular weight is 240 g/mol. The fourth-order valence-corrected chi connectivity index (χ4v) is 1.25. The molecule has 0 amide bonds. The first-order chi connectivity index (χ1) is 7.87. The second kappa shape index (κ2) is 6.12. The van der Waals surface area contributed by atoms with Gasteiger partial charge in [0.15, 0.2) is 5.82 Å². The fourth-order valence-electron chi connectivity index (χ4n) is 1.25. The van der Waals surface area contributed by atoms with E-state index >= 15 is 0 Å². The van der Waals surface area contributed by atoms with E-state index in [0.29, 0.717) is 13.2 Å². The zero-order chi connectivity index (χ0) is 12.9. The molecule has 1 heterocycles. The number of hydrogen-bond acceptors (Lipinski definition) is 4. The molecule has 0 saturated heterocycles.